The van der Waals surface area contributed by atoms with Crippen molar-refractivity contribution < 1.29 is 9.53 Å². The third kappa shape index (κ3) is 2.57. The molecule has 0 saturated carbocycles. The Balaban J connectivity index is 1.79. The van der Waals surface area contributed by atoms with Gasteiger partial charge in [-0.25, -0.2) is 9.97 Å². The lowest BCUT2D eigenvalue weighted by Gasteiger charge is -2.13. The Morgan fingerprint density at radius 1 is 1.35 bits per heavy atom. The number of halogens is 1. The number of ether oxygens (including phenoxy) is 1. The smallest absolute Gasteiger partial charge is 0.198 e. The van der Waals surface area contributed by atoms with E-state index in [-0.39, 0.29) is 5.12 Å². The molecule has 2 N–H and O–H groups in total. The van der Waals surface area contributed by atoms with E-state index in [4.69, 9.17) is 4.74 Å². The van der Waals surface area contributed by atoms with Crippen LogP contribution < -0.4 is 10.1 Å². The predicted octanol–water partition coefficient (Wildman–Crippen LogP) is 3.65. The van der Waals surface area contributed by atoms with Crippen LogP contribution in [0.1, 0.15) is 5.56 Å². The molecule has 1 aromatic carbocycles. The van der Waals surface area contributed by atoms with Crippen LogP contribution in [0.2, 0.25) is 0 Å². The molecular formula is C15H11BrN4O2S. The number of benzene rings is 1. The summed E-state index contributed by atoms with van der Waals surface area (Å²) in [5.74, 6) is 1.35. The van der Waals surface area contributed by atoms with Gasteiger partial charge in [-0.05, 0) is 39.7 Å². The molecule has 0 aliphatic carbocycles. The Morgan fingerprint density at radius 3 is 3.04 bits per heavy atom. The summed E-state index contributed by atoms with van der Waals surface area (Å²) in [5.41, 5.74) is 2.50. The molecule has 4 rings (SSSR count). The molecule has 0 saturated heterocycles. The number of carbonyl (C=O) groups excluding carboxylic acids is 1. The molecule has 0 fully saturated rings. The van der Waals surface area contributed by atoms with Crippen molar-refractivity contribution in [3.8, 4) is 5.75 Å². The molecule has 0 atom stereocenters. The van der Waals surface area contributed by atoms with E-state index in [9.17, 15) is 4.79 Å². The minimum absolute atomic E-state index is 0.151. The molecule has 0 spiro atoms. The molecule has 3 aromatic rings. The second-order valence-corrected chi connectivity index (χ2v) is 6.99. The summed E-state index contributed by atoms with van der Waals surface area (Å²) in [7, 11) is 1.61. The van der Waals surface area contributed by atoms with E-state index < -0.39 is 0 Å². The van der Waals surface area contributed by atoms with Gasteiger partial charge in [0.1, 0.15) is 23.5 Å². The number of methoxy groups -OCH3 is 1. The quantitative estimate of drug-likeness (QED) is 0.710. The largest absolute Gasteiger partial charge is 0.495 e. The van der Waals surface area contributed by atoms with Gasteiger partial charge in [0.15, 0.2) is 5.12 Å². The highest BCUT2D eigenvalue weighted by molar-refractivity contribution is 9.10. The first-order chi connectivity index (χ1) is 11.1. The molecule has 1 aliphatic heterocycles. The van der Waals surface area contributed by atoms with Crippen molar-refractivity contribution in [1.29, 1.82) is 0 Å². The Hall–Kier alpha value is -2.06. The van der Waals surface area contributed by atoms with Crippen molar-refractivity contribution in [1.82, 2.24) is 15.0 Å². The number of hydrogen-bond donors (Lipinski definition) is 2. The van der Waals surface area contributed by atoms with E-state index >= 15 is 0 Å². The van der Waals surface area contributed by atoms with Gasteiger partial charge < -0.3 is 15.0 Å². The van der Waals surface area contributed by atoms with Crippen LogP contribution in [0.4, 0.5) is 11.5 Å². The molecule has 2 aromatic heterocycles. The molecular weight excluding hydrogens is 380 g/mol. The highest BCUT2D eigenvalue weighted by Gasteiger charge is 2.22. The van der Waals surface area contributed by atoms with E-state index in [1.807, 2.05) is 18.2 Å². The molecule has 3 heterocycles. The summed E-state index contributed by atoms with van der Waals surface area (Å²) in [5, 5.41) is 4.30. The van der Waals surface area contributed by atoms with Crippen LogP contribution in [0.5, 0.6) is 5.75 Å². The molecule has 1 aliphatic rings. The normalized spacial score (nSPS) is 13.4. The molecule has 0 radical (unpaired) electrons. The van der Waals surface area contributed by atoms with Crippen LogP contribution >= 0.6 is 27.7 Å². The fraction of sp³-hybridized carbons (Fsp3) is 0.133. The van der Waals surface area contributed by atoms with Crippen molar-refractivity contribution in [2.24, 2.45) is 0 Å². The van der Waals surface area contributed by atoms with Crippen LogP contribution in [0, 0.1) is 0 Å². The summed E-state index contributed by atoms with van der Waals surface area (Å²) in [6.45, 7) is 0. The van der Waals surface area contributed by atoms with Crippen LogP contribution in [0.25, 0.3) is 11.0 Å². The Morgan fingerprint density at radius 2 is 2.22 bits per heavy atom. The minimum atomic E-state index is 0.151. The summed E-state index contributed by atoms with van der Waals surface area (Å²) in [6, 6.07) is 5.75. The van der Waals surface area contributed by atoms with Gasteiger partial charge in [0.05, 0.1) is 22.8 Å². The van der Waals surface area contributed by atoms with Gasteiger partial charge in [-0.1, -0.05) is 11.8 Å². The van der Waals surface area contributed by atoms with Crippen LogP contribution in [-0.2, 0) is 11.2 Å². The summed E-state index contributed by atoms with van der Waals surface area (Å²) in [6.07, 6.45) is 1.94. The number of carbonyl (C=O) groups is 1. The van der Waals surface area contributed by atoms with Gasteiger partial charge in [0.25, 0.3) is 0 Å². The highest BCUT2D eigenvalue weighted by Crippen LogP contribution is 2.40. The SMILES string of the molecule is COc1cc2c(cc1Nc1ncnc3[nH]c(Br)cc13)SC(=O)C2. The lowest BCUT2D eigenvalue weighted by molar-refractivity contribution is -0.110. The molecule has 116 valence electrons. The number of rotatable bonds is 3. The first kappa shape index (κ1) is 14.5. The number of nitrogens with one attached hydrogen (secondary N) is 2. The molecule has 6 nitrogen and oxygen atoms in total. The van der Waals surface area contributed by atoms with Gasteiger partial charge in [0, 0.05) is 11.3 Å². The highest BCUT2D eigenvalue weighted by atomic mass is 79.9. The predicted molar refractivity (Wildman–Crippen MR) is 92.4 cm³/mol. The number of nitrogens with zero attached hydrogens (tertiary/aromatic N) is 2. The van der Waals surface area contributed by atoms with Gasteiger partial charge >= 0.3 is 0 Å². The van der Waals surface area contributed by atoms with E-state index in [1.165, 1.54) is 18.1 Å². The average molecular weight is 391 g/mol. The number of anilines is 2. The molecule has 23 heavy (non-hydrogen) atoms. The van der Waals surface area contributed by atoms with Crippen molar-refractivity contribution in [3.63, 3.8) is 0 Å². The molecule has 0 unspecified atom stereocenters. The molecule has 0 amide bonds. The van der Waals surface area contributed by atoms with Crippen molar-refractivity contribution in [2.45, 2.75) is 11.3 Å². The zero-order valence-electron chi connectivity index (χ0n) is 12.0. The average Bonchev–Trinajstić information content (AvgIpc) is 3.07. The number of aromatic amines is 1. The third-order valence-electron chi connectivity index (χ3n) is 3.59. The maximum absolute atomic E-state index is 11.6. The Bertz CT molecular complexity index is 941. The van der Waals surface area contributed by atoms with Crippen molar-refractivity contribution in [2.75, 3.05) is 12.4 Å². The van der Waals surface area contributed by atoms with Gasteiger partial charge in [-0.15, -0.1) is 0 Å². The van der Waals surface area contributed by atoms with E-state index in [1.54, 1.807) is 7.11 Å². The lowest BCUT2D eigenvalue weighted by Crippen LogP contribution is -1.99. The third-order valence-corrected chi connectivity index (χ3v) is 4.99. The van der Waals surface area contributed by atoms with Gasteiger partial charge in [-0.3, -0.25) is 4.79 Å². The second-order valence-electron chi connectivity index (χ2n) is 5.04. The van der Waals surface area contributed by atoms with E-state index in [2.05, 4.69) is 36.2 Å². The van der Waals surface area contributed by atoms with Crippen LogP contribution in [0.3, 0.4) is 0 Å². The fourth-order valence-electron chi connectivity index (χ4n) is 2.55. The number of hydrogen-bond acceptors (Lipinski definition) is 6. The molecule has 0 bridgehead atoms. The summed E-state index contributed by atoms with van der Waals surface area (Å²) >= 11 is 4.66. The summed E-state index contributed by atoms with van der Waals surface area (Å²) < 4.78 is 6.28. The number of fused-ring (bicyclic) bond motifs is 2. The number of H-pyrrole nitrogens is 1. The van der Waals surface area contributed by atoms with Gasteiger partial charge in [-0.2, -0.15) is 0 Å². The monoisotopic (exact) mass is 390 g/mol. The fourth-order valence-corrected chi connectivity index (χ4v) is 3.88. The van der Waals surface area contributed by atoms with E-state index in [0.717, 1.165) is 31.8 Å². The van der Waals surface area contributed by atoms with E-state index in [0.29, 0.717) is 18.0 Å². The van der Waals surface area contributed by atoms with Crippen LogP contribution in [-0.4, -0.2) is 27.2 Å². The molecule has 8 heteroatoms. The van der Waals surface area contributed by atoms with Gasteiger partial charge in [0.2, 0.25) is 0 Å². The van der Waals surface area contributed by atoms with Crippen molar-refractivity contribution in [3.05, 3.63) is 34.7 Å². The topological polar surface area (TPSA) is 79.9 Å². The van der Waals surface area contributed by atoms with Crippen LogP contribution in [0.15, 0.2) is 34.0 Å². The first-order valence-electron chi connectivity index (χ1n) is 6.82. The second kappa shape index (κ2) is 5.54. The first-order valence-corrected chi connectivity index (χ1v) is 8.43. The zero-order valence-corrected chi connectivity index (χ0v) is 14.4. The Labute approximate surface area is 144 Å². The maximum atomic E-state index is 11.6. The number of thioether (sulfide) groups is 1. The summed E-state index contributed by atoms with van der Waals surface area (Å²) in [4.78, 5) is 24.2. The van der Waals surface area contributed by atoms with Crippen molar-refractivity contribution >= 4 is 55.3 Å². The maximum Gasteiger partial charge on any atom is 0.198 e. The lowest BCUT2D eigenvalue weighted by atomic mass is 10.1. The standard InChI is InChI=1S/C15H11BrN4O2S/c1-22-10-2-7-3-13(21)23-11(7)5-9(10)19-14-8-4-12(16)20-15(8)18-6-17-14/h2,4-6H,3H2,1H3,(H2,17,18,19,20). The number of aromatic nitrogens is 3. The minimum Gasteiger partial charge on any atom is -0.495 e. The Kier molecular flexibility index (Phi) is 3.50. The zero-order chi connectivity index (χ0) is 16.0.